The molecular formula is C12H23NO2. The molecule has 1 amide bonds. The van der Waals surface area contributed by atoms with Crippen LogP contribution in [0.5, 0.6) is 0 Å². The minimum atomic E-state index is -0.304. The van der Waals surface area contributed by atoms with E-state index >= 15 is 0 Å². The Morgan fingerprint density at radius 2 is 1.87 bits per heavy atom. The summed E-state index contributed by atoms with van der Waals surface area (Å²) in [4.78, 5) is 22.8. The van der Waals surface area contributed by atoms with Gasteiger partial charge in [0.1, 0.15) is 0 Å². The number of carbonyl (C=O) groups excluding carboxylic acids is 2. The van der Waals surface area contributed by atoms with Gasteiger partial charge in [0.15, 0.2) is 5.78 Å². The predicted octanol–water partition coefficient (Wildman–Crippen LogP) is 2.30. The summed E-state index contributed by atoms with van der Waals surface area (Å²) in [5, 5.41) is 2.79. The van der Waals surface area contributed by atoms with Gasteiger partial charge in [-0.1, -0.05) is 33.6 Å². The molecule has 3 heteroatoms. The topological polar surface area (TPSA) is 46.2 Å². The lowest BCUT2D eigenvalue weighted by molar-refractivity contribution is -0.129. The standard InChI is InChI=1S/C12H23NO2/c1-5-7-8-9(3)12(15)13-11(6-2)10(4)14/h9,11H,5-8H2,1-4H3,(H,13,15). The van der Waals surface area contributed by atoms with E-state index in [4.69, 9.17) is 0 Å². The quantitative estimate of drug-likeness (QED) is 0.705. The van der Waals surface area contributed by atoms with Crippen molar-refractivity contribution in [3.05, 3.63) is 0 Å². The molecule has 0 aliphatic heterocycles. The van der Waals surface area contributed by atoms with Gasteiger partial charge in [-0.05, 0) is 19.8 Å². The first-order valence-electron chi connectivity index (χ1n) is 5.83. The monoisotopic (exact) mass is 213 g/mol. The molecule has 0 aromatic rings. The smallest absolute Gasteiger partial charge is 0.223 e. The van der Waals surface area contributed by atoms with Crippen molar-refractivity contribution in [2.75, 3.05) is 0 Å². The van der Waals surface area contributed by atoms with Crippen molar-refractivity contribution >= 4 is 11.7 Å². The van der Waals surface area contributed by atoms with Crippen LogP contribution in [-0.4, -0.2) is 17.7 Å². The Morgan fingerprint density at radius 3 is 2.27 bits per heavy atom. The third-order valence-corrected chi connectivity index (χ3v) is 2.65. The van der Waals surface area contributed by atoms with Crippen molar-refractivity contribution in [2.24, 2.45) is 5.92 Å². The van der Waals surface area contributed by atoms with Crippen LogP contribution in [0.3, 0.4) is 0 Å². The highest BCUT2D eigenvalue weighted by molar-refractivity contribution is 5.88. The predicted molar refractivity (Wildman–Crippen MR) is 61.6 cm³/mol. The summed E-state index contributed by atoms with van der Waals surface area (Å²) in [5.41, 5.74) is 0. The van der Waals surface area contributed by atoms with Crippen LogP contribution in [0.4, 0.5) is 0 Å². The van der Waals surface area contributed by atoms with E-state index in [2.05, 4.69) is 12.2 Å². The molecule has 0 saturated heterocycles. The van der Waals surface area contributed by atoms with Crippen LogP contribution in [0.25, 0.3) is 0 Å². The minimum absolute atomic E-state index is 0.00509. The molecule has 88 valence electrons. The van der Waals surface area contributed by atoms with Crippen LogP contribution in [0.2, 0.25) is 0 Å². The zero-order chi connectivity index (χ0) is 11.8. The van der Waals surface area contributed by atoms with Gasteiger partial charge >= 0.3 is 0 Å². The summed E-state index contributed by atoms with van der Waals surface area (Å²) in [6, 6.07) is -0.304. The number of hydrogen-bond donors (Lipinski definition) is 1. The van der Waals surface area contributed by atoms with Gasteiger partial charge in [-0.25, -0.2) is 0 Å². The van der Waals surface area contributed by atoms with Gasteiger partial charge in [0, 0.05) is 5.92 Å². The molecule has 0 aromatic carbocycles. The molecule has 0 radical (unpaired) electrons. The van der Waals surface area contributed by atoms with Gasteiger partial charge in [-0.2, -0.15) is 0 Å². The lowest BCUT2D eigenvalue weighted by Crippen LogP contribution is -2.41. The summed E-state index contributed by atoms with van der Waals surface area (Å²) in [6.45, 7) is 7.45. The largest absolute Gasteiger partial charge is 0.346 e. The van der Waals surface area contributed by atoms with Gasteiger partial charge in [0.05, 0.1) is 6.04 Å². The molecule has 0 heterocycles. The molecule has 2 atom stereocenters. The third-order valence-electron chi connectivity index (χ3n) is 2.65. The van der Waals surface area contributed by atoms with Crippen molar-refractivity contribution < 1.29 is 9.59 Å². The average molecular weight is 213 g/mol. The fraction of sp³-hybridized carbons (Fsp3) is 0.833. The minimum Gasteiger partial charge on any atom is -0.346 e. The molecule has 0 bridgehead atoms. The molecular weight excluding hydrogens is 190 g/mol. The first-order chi connectivity index (χ1) is 7.02. The van der Waals surface area contributed by atoms with E-state index in [9.17, 15) is 9.59 Å². The summed E-state index contributed by atoms with van der Waals surface area (Å²) >= 11 is 0. The number of nitrogens with one attached hydrogen (secondary N) is 1. The Balaban J connectivity index is 4.04. The maximum absolute atomic E-state index is 11.7. The van der Waals surface area contributed by atoms with Crippen molar-refractivity contribution in [1.29, 1.82) is 0 Å². The number of unbranched alkanes of at least 4 members (excludes halogenated alkanes) is 1. The molecule has 2 unspecified atom stereocenters. The molecule has 0 rings (SSSR count). The van der Waals surface area contributed by atoms with Crippen molar-refractivity contribution in [3.8, 4) is 0 Å². The summed E-state index contributed by atoms with van der Waals surface area (Å²) in [7, 11) is 0. The van der Waals surface area contributed by atoms with Crippen LogP contribution < -0.4 is 5.32 Å². The van der Waals surface area contributed by atoms with E-state index in [0.29, 0.717) is 6.42 Å². The Bertz CT molecular complexity index is 214. The number of carbonyl (C=O) groups is 2. The Hall–Kier alpha value is -0.860. The molecule has 15 heavy (non-hydrogen) atoms. The summed E-state index contributed by atoms with van der Waals surface area (Å²) < 4.78 is 0. The average Bonchev–Trinajstić information content (AvgIpc) is 2.21. The normalized spacial score (nSPS) is 14.4. The lowest BCUT2D eigenvalue weighted by atomic mass is 10.0. The lowest BCUT2D eigenvalue weighted by Gasteiger charge is -2.17. The molecule has 0 spiro atoms. The second-order valence-corrected chi connectivity index (χ2v) is 4.12. The Morgan fingerprint density at radius 1 is 1.27 bits per heavy atom. The Labute approximate surface area is 92.6 Å². The number of Topliss-reactive ketones (excluding diaryl/α,β-unsaturated/α-hetero) is 1. The van der Waals surface area contributed by atoms with Gasteiger partial charge < -0.3 is 5.32 Å². The summed E-state index contributed by atoms with van der Waals surface area (Å²) in [5.74, 6) is 0.0531. The van der Waals surface area contributed by atoms with Crippen LogP contribution in [0, 0.1) is 5.92 Å². The van der Waals surface area contributed by atoms with Crippen molar-refractivity contribution in [1.82, 2.24) is 5.32 Å². The number of amides is 1. The van der Waals surface area contributed by atoms with Crippen molar-refractivity contribution in [3.63, 3.8) is 0 Å². The molecule has 0 aliphatic carbocycles. The molecule has 1 N–H and O–H groups in total. The molecule has 0 saturated carbocycles. The Kier molecular flexibility index (Phi) is 7.01. The van der Waals surface area contributed by atoms with Crippen molar-refractivity contribution in [2.45, 2.75) is 59.4 Å². The van der Waals surface area contributed by atoms with E-state index in [1.54, 1.807) is 0 Å². The van der Waals surface area contributed by atoms with E-state index in [1.807, 2.05) is 13.8 Å². The molecule has 0 aliphatic rings. The van der Waals surface area contributed by atoms with Gasteiger partial charge in [0.25, 0.3) is 0 Å². The van der Waals surface area contributed by atoms with E-state index in [0.717, 1.165) is 19.3 Å². The second kappa shape index (κ2) is 7.43. The summed E-state index contributed by atoms with van der Waals surface area (Å²) in [6.07, 6.45) is 3.73. The van der Waals surface area contributed by atoms with Crippen LogP contribution in [0.1, 0.15) is 53.4 Å². The zero-order valence-corrected chi connectivity index (χ0v) is 10.3. The fourth-order valence-electron chi connectivity index (χ4n) is 1.45. The maximum atomic E-state index is 11.7. The van der Waals surface area contributed by atoms with Crippen LogP contribution in [0.15, 0.2) is 0 Å². The molecule has 3 nitrogen and oxygen atoms in total. The van der Waals surface area contributed by atoms with Crippen LogP contribution in [-0.2, 0) is 9.59 Å². The first kappa shape index (κ1) is 14.1. The van der Waals surface area contributed by atoms with Gasteiger partial charge in [-0.15, -0.1) is 0 Å². The van der Waals surface area contributed by atoms with E-state index in [-0.39, 0.29) is 23.7 Å². The number of rotatable bonds is 7. The van der Waals surface area contributed by atoms with E-state index in [1.165, 1.54) is 6.92 Å². The molecule has 0 fully saturated rings. The fourth-order valence-corrected chi connectivity index (χ4v) is 1.45. The highest BCUT2D eigenvalue weighted by Crippen LogP contribution is 2.08. The zero-order valence-electron chi connectivity index (χ0n) is 10.3. The van der Waals surface area contributed by atoms with Gasteiger partial charge in [-0.3, -0.25) is 9.59 Å². The highest BCUT2D eigenvalue weighted by atomic mass is 16.2. The third kappa shape index (κ3) is 5.55. The number of ketones is 1. The number of hydrogen-bond acceptors (Lipinski definition) is 2. The van der Waals surface area contributed by atoms with E-state index < -0.39 is 0 Å². The first-order valence-corrected chi connectivity index (χ1v) is 5.83. The van der Waals surface area contributed by atoms with Crippen LogP contribution >= 0.6 is 0 Å². The second-order valence-electron chi connectivity index (χ2n) is 4.12. The highest BCUT2D eigenvalue weighted by Gasteiger charge is 2.18. The van der Waals surface area contributed by atoms with Gasteiger partial charge in [0.2, 0.25) is 5.91 Å². The molecule has 0 aromatic heterocycles. The SMILES string of the molecule is CCCCC(C)C(=O)NC(CC)C(C)=O. The maximum Gasteiger partial charge on any atom is 0.223 e.